The molecular formula is C26H36F3N9O5. The third kappa shape index (κ3) is 9.43. The van der Waals surface area contributed by atoms with Crippen LogP contribution in [-0.4, -0.2) is 107 Å². The zero-order chi connectivity index (χ0) is 30.5. The molecule has 43 heavy (non-hydrogen) atoms. The molecule has 0 bridgehead atoms. The SMILES string of the molecule is [N-]=[N+]=NCCOCCOCCCCOc1c(-c2cnc(N)cc2C(F)(F)F)nc(N2CCOCC2)nc1N1CCOCC1. The predicted molar refractivity (Wildman–Crippen MR) is 151 cm³/mol. The summed E-state index contributed by atoms with van der Waals surface area (Å²) in [4.78, 5) is 19.9. The summed E-state index contributed by atoms with van der Waals surface area (Å²) < 4.78 is 70.8. The first-order valence-electron chi connectivity index (χ1n) is 14.1. The van der Waals surface area contributed by atoms with Crippen molar-refractivity contribution in [2.75, 3.05) is 108 Å². The number of nitrogens with zero attached hydrogens (tertiary/aromatic N) is 8. The Balaban J connectivity index is 1.56. The lowest BCUT2D eigenvalue weighted by atomic mass is 10.1. The maximum atomic E-state index is 14.3. The molecule has 2 aliphatic heterocycles. The summed E-state index contributed by atoms with van der Waals surface area (Å²) in [7, 11) is 0. The van der Waals surface area contributed by atoms with Crippen LogP contribution in [0.3, 0.4) is 0 Å². The number of nitrogens with two attached hydrogens (primary N) is 1. The molecule has 2 aromatic heterocycles. The molecule has 4 heterocycles. The van der Waals surface area contributed by atoms with Crippen molar-refractivity contribution in [1.29, 1.82) is 0 Å². The van der Waals surface area contributed by atoms with E-state index in [1.165, 1.54) is 0 Å². The van der Waals surface area contributed by atoms with Crippen molar-refractivity contribution in [3.05, 3.63) is 28.3 Å². The van der Waals surface area contributed by atoms with Crippen molar-refractivity contribution in [3.63, 3.8) is 0 Å². The highest BCUT2D eigenvalue weighted by atomic mass is 19.4. The van der Waals surface area contributed by atoms with Crippen molar-refractivity contribution in [2.45, 2.75) is 19.0 Å². The van der Waals surface area contributed by atoms with Crippen LogP contribution >= 0.6 is 0 Å². The lowest BCUT2D eigenvalue weighted by Gasteiger charge is -2.32. The topological polar surface area (TPSA) is 166 Å². The van der Waals surface area contributed by atoms with E-state index in [1.807, 2.05) is 9.80 Å². The zero-order valence-corrected chi connectivity index (χ0v) is 23.8. The second-order valence-corrected chi connectivity index (χ2v) is 9.61. The van der Waals surface area contributed by atoms with Gasteiger partial charge in [0.2, 0.25) is 5.95 Å². The number of halogens is 3. The monoisotopic (exact) mass is 611 g/mol. The number of morpholine rings is 2. The maximum absolute atomic E-state index is 14.3. The van der Waals surface area contributed by atoms with Crippen LogP contribution in [-0.2, 0) is 25.1 Å². The first-order valence-corrected chi connectivity index (χ1v) is 14.1. The zero-order valence-electron chi connectivity index (χ0n) is 23.8. The van der Waals surface area contributed by atoms with Gasteiger partial charge in [0.15, 0.2) is 11.6 Å². The first kappa shape index (κ1) is 32.3. The standard InChI is InChI=1S/C26H36F3N9O5/c27-26(28,29)20-17-21(30)32-18-19(20)22-23(43-9-2-1-8-39-15-16-40-10-3-33-36-31)24(37-4-11-41-12-5-37)35-25(34-22)38-6-13-42-14-7-38/h17-18H,1-16H2,(H2,30,32). The Labute approximate surface area is 246 Å². The second kappa shape index (κ2) is 16.3. The second-order valence-electron chi connectivity index (χ2n) is 9.61. The van der Waals surface area contributed by atoms with Gasteiger partial charge in [0.05, 0.1) is 58.4 Å². The molecule has 0 amide bonds. The molecule has 2 aromatic rings. The van der Waals surface area contributed by atoms with Gasteiger partial charge >= 0.3 is 6.18 Å². The molecule has 0 atom stereocenters. The molecule has 0 unspecified atom stereocenters. The summed E-state index contributed by atoms with van der Waals surface area (Å²) in [6.07, 6.45) is -2.42. The van der Waals surface area contributed by atoms with E-state index >= 15 is 0 Å². The number of ether oxygens (including phenoxy) is 5. The molecule has 4 rings (SSSR count). The molecule has 2 aliphatic rings. The van der Waals surface area contributed by atoms with Gasteiger partial charge in [-0.2, -0.15) is 18.2 Å². The number of anilines is 3. The van der Waals surface area contributed by atoms with E-state index in [0.717, 1.165) is 12.3 Å². The highest BCUT2D eigenvalue weighted by Gasteiger charge is 2.37. The van der Waals surface area contributed by atoms with Gasteiger partial charge in [0, 0.05) is 56.0 Å². The number of hydrogen-bond donors (Lipinski definition) is 1. The number of azide groups is 1. The summed E-state index contributed by atoms with van der Waals surface area (Å²) in [6.45, 7) is 5.70. The predicted octanol–water partition coefficient (Wildman–Crippen LogP) is 3.32. The third-order valence-electron chi connectivity index (χ3n) is 6.63. The summed E-state index contributed by atoms with van der Waals surface area (Å²) in [5, 5.41) is 3.39. The summed E-state index contributed by atoms with van der Waals surface area (Å²) in [6, 6.07) is 0.807. The number of hydrogen-bond acceptors (Lipinski definition) is 12. The molecule has 0 radical (unpaired) electrons. The molecule has 0 aliphatic carbocycles. The molecule has 2 saturated heterocycles. The van der Waals surface area contributed by atoms with Crippen LogP contribution in [0.2, 0.25) is 0 Å². The van der Waals surface area contributed by atoms with E-state index in [0.29, 0.717) is 97.7 Å². The van der Waals surface area contributed by atoms with Gasteiger partial charge in [-0.05, 0) is 24.4 Å². The molecule has 14 nitrogen and oxygen atoms in total. The fourth-order valence-corrected chi connectivity index (χ4v) is 4.48. The molecule has 17 heteroatoms. The van der Waals surface area contributed by atoms with E-state index < -0.39 is 11.7 Å². The fraction of sp³-hybridized carbons (Fsp3) is 0.654. The molecule has 236 valence electrons. The Bertz CT molecular complexity index is 1220. The lowest BCUT2D eigenvalue weighted by molar-refractivity contribution is -0.137. The molecule has 0 spiro atoms. The van der Waals surface area contributed by atoms with Gasteiger partial charge < -0.3 is 39.2 Å². The van der Waals surface area contributed by atoms with E-state index in [2.05, 4.69) is 20.0 Å². The van der Waals surface area contributed by atoms with Gasteiger partial charge in [0.1, 0.15) is 11.5 Å². The van der Waals surface area contributed by atoms with Crippen molar-refractivity contribution < 1.29 is 36.9 Å². The van der Waals surface area contributed by atoms with E-state index in [4.69, 9.17) is 39.9 Å². The van der Waals surface area contributed by atoms with Crippen LogP contribution in [0.15, 0.2) is 17.4 Å². The summed E-state index contributed by atoms with van der Waals surface area (Å²) in [5.74, 6) is 0.571. The molecule has 0 saturated carbocycles. The minimum atomic E-state index is -4.71. The van der Waals surface area contributed by atoms with Gasteiger partial charge in [-0.25, -0.2) is 9.97 Å². The summed E-state index contributed by atoms with van der Waals surface area (Å²) in [5.41, 5.74) is 12.7. The lowest BCUT2D eigenvalue weighted by Crippen LogP contribution is -2.39. The van der Waals surface area contributed by atoms with Crippen molar-refractivity contribution in [2.24, 2.45) is 5.11 Å². The Morgan fingerprint density at radius 3 is 2.26 bits per heavy atom. The van der Waals surface area contributed by atoms with Crippen LogP contribution in [0.1, 0.15) is 18.4 Å². The highest BCUT2D eigenvalue weighted by molar-refractivity contribution is 5.78. The Hall–Kier alpha value is -3.63. The van der Waals surface area contributed by atoms with Crippen LogP contribution < -0.4 is 20.3 Å². The Kier molecular flexibility index (Phi) is 12.2. The Morgan fingerprint density at radius 2 is 1.58 bits per heavy atom. The van der Waals surface area contributed by atoms with Crippen LogP contribution in [0.5, 0.6) is 5.75 Å². The van der Waals surface area contributed by atoms with Crippen molar-refractivity contribution in [3.8, 4) is 17.0 Å². The smallest absolute Gasteiger partial charge is 0.417 e. The van der Waals surface area contributed by atoms with Crippen LogP contribution in [0.4, 0.5) is 30.8 Å². The normalized spacial score (nSPS) is 15.8. The number of unbranched alkanes of at least 4 members (excludes halogenated alkanes) is 1. The largest absolute Gasteiger partial charge is 0.488 e. The Morgan fingerprint density at radius 1 is 0.930 bits per heavy atom. The number of alkyl halides is 3. The van der Waals surface area contributed by atoms with E-state index in [-0.39, 0.29) is 41.9 Å². The average molecular weight is 612 g/mol. The van der Waals surface area contributed by atoms with Gasteiger partial charge in [-0.1, -0.05) is 5.11 Å². The maximum Gasteiger partial charge on any atom is 0.417 e. The van der Waals surface area contributed by atoms with Gasteiger partial charge in [-0.15, -0.1) is 0 Å². The van der Waals surface area contributed by atoms with E-state index in [1.54, 1.807) is 0 Å². The van der Waals surface area contributed by atoms with Crippen LogP contribution in [0.25, 0.3) is 21.7 Å². The molecule has 2 fully saturated rings. The summed E-state index contributed by atoms with van der Waals surface area (Å²) >= 11 is 0. The first-order chi connectivity index (χ1) is 20.9. The molecular weight excluding hydrogens is 575 g/mol. The van der Waals surface area contributed by atoms with E-state index in [9.17, 15) is 13.2 Å². The van der Waals surface area contributed by atoms with Crippen LogP contribution in [0, 0.1) is 0 Å². The van der Waals surface area contributed by atoms with Gasteiger partial charge in [0.25, 0.3) is 0 Å². The number of rotatable bonds is 15. The molecule has 2 N–H and O–H groups in total. The minimum Gasteiger partial charge on any atom is -0.488 e. The van der Waals surface area contributed by atoms with Crippen molar-refractivity contribution >= 4 is 17.6 Å². The number of pyridine rings is 1. The fourth-order valence-electron chi connectivity index (χ4n) is 4.48. The number of nitrogen functional groups attached to an aromatic ring is 1. The minimum absolute atomic E-state index is 0.00746. The average Bonchev–Trinajstić information content (AvgIpc) is 3.02. The highest BCUT2D eigenvalue weighted by Crippen LogP contribution is 2.44. The van der Waals surface area contributed by atoms with Gasteiger partial charge in [-0.3, -0.25) is 0 Å². The molecule has 0 aromatic carbocycles. The number of aromatic nitrogens is 3. The third-order valence-corrected chi connectivity index (χ3v) is 6.63. The quantitative estimate of drug-likeness (QED) is 0.136. The van der Waals surface area contributed by atoms with Crippen molar-refractivity contribution in [1.82, 2.24) is 15.0 Å².